The molecule has 0 unspecified atom stereocenters. The number of benzene rings is 1. The summed E-state index contributed by atoms with van der Waals surface area (Å²) in [5, 5.41) is 3.80. The van der Waals surface area contributed by atoms with Gasteiger partial charge in [-0.3, -0.25) is 0 Å². The lowest BCUT2D eigenvalue weighted by Gasteiger charge is -2.06. The molecule has 0 saturated heterocycles. The zero-order chi connectivity index (χ0) is 14.5. The van der Waals surface area contributed by atoms with E-state index in [1.165, 1.54) is 18.4 Å². The lowest BCUT2D eigenvalue weighted by Crippen LogP contribution is -2.20. The Balaban J connectivity index is 2.04. The summed E-state index contributed by atoms with van der Waals surface area (Å²) in [5.41, 5.74) is 1.26. The SMILES string of the molecule is Cc1cc(F)ccc1-c1nc(C2(S(C)(=O)=O)CC2)no1. The molecule has 0 atom stereocenters. The highest BCUT2D eigenvalue weighted by molar-refractivity contribution is 7.91. The van der Waals surface area contributed by atoms with Crippen molar-refractivity contribution in [2.75, 3.05) is 6.26 Å². The first-order chi connectivity index (χ1) is 9.33. The fourth-order valence-corrected chi connectivity index (χ4v) is 3.52. The molecule has 1 aromatic carbocycles. The molecule has 5 nitrogen and oxygen atoms in total. The molecule has 0 N–H and O–H groups in total. The molecule has 1 aliphatic rings. The standard InChI is InChI=1S/C13H13FN2O3S/c1-8-7-9(14)3-4-10(8)11-15-12(16-19-11)13(5-6-13)20(2,17)18/h3-4,7H,5-6H2,1-2H3. The number of hydrogen-bond acceptors (Lipinski definition) is 5. The van der Waals surface area contributed by atoms with Crippen molar-refractivity contribution < 1.29 is 17.3 Å². The van der Waals surface area contributed by atoms with Crippen molar-refractivity contribution in [1.82, 2.24) is 10.1 Å². The first kappa shape index (κ1) is 13.2. The Labute approximate surface area is 115 Å². The Morgan fingerprint density at radius 3 is 2.60 bits per heavy atom. The van der Waals surface area contributed by atoms with Gasteiger partial charge >= 0.3 is 0 Å². The van der Waals surface area contributed by atoms with Gasteiger partial charge in [0.2, 0.25) is 0 Å². The van der Waals surface area contributed by atoms with Crippen LogP contribution in [0.4, 0.5) is 4.39 Å². The normalized spacial score (nSPS) is 17.1. The van der Waals surface area contributed by atoms with E-state index < -0.39 is 14.6 Å². The minimum atomic E-state index is -3.28. The summed E-state index contributed by atoms with van der Waals surface area (Å²) in [6.45, 7) is 1.73. The first-order valence-electron chi connectivity index (χ1n) is 6.14. The summed E-state index contributed by atoms with van der Waals surface area (Å²) < 4.78 is 40.8. The quantitative estimate of drug-likeness (QED) is 0.868. The van der Waals surface area contributed by atoms with E-state index in [9.17, 15) is 12.8 Å². The Hall–Kier alpha value is -1.76. The van der Waals surface area contributed by atoms with Crippen molar-refractivity contribution >= 4 is 9.84 Å². The highest BCUT2D eigenvalue weighted by Crippen LogP contribution is 2.51. The molecule has 106 valence electrons. The number of nitrogens with zero attached hydrogens (tertiary/aromatic N) is 2. The molecule has 1 fully saturated rings. The Morgan fingerprint density at radius 1 is 1.35 bits per heavy atom. The van der Waals surface area contributed by atoms with E-state index in [1.807, 2.05) is 0 Å². The predicted octanol–water partition coefficient (Wildman–Crippen LogP) is 2.22. The van der Waals surface area contributed by atoms with E-state index in [0.717, 1.165) is 0 Å². The molecule has 1 aromatic heterocycles. The molecule has 0 amide bonds. The second-order valence-corrected chi connectivity index (χ2v) is 7.47. The zero-order valence-electron chi connectivity index (χ0n) is 11.1. The van der Waals surface area contributed by atoms with Crippen LogP contribution < -0.4 is 0 Å². The van der Waals surface area contributed by atoms with Crippen LogP contribution in [0.3, 0.4) is 0 Å². The molecular weight excluding hydrogens is 283 g/mol. The highest BCUT2D eigenvalue weighted by atomic mass is 32.2. The monoisotopic (exact) mass is 296 g/mol. The third-order valence-electron chi connectivity index (χ3n) is 3.67. The van der Waals surface area contributed by atoms with Gasteiger partial charge in [-0.15, -0.1) is 0 Å². The third kappa shape index (κ3) is 1.93. The van der Waals surface area contributed by atoms with Gasteiger partial charge in [-0.05, 0) is 43.5 Å². The fourth-order valence-electron chi connectivity index (χ4n) is 2.26. The van der Waals surface area contributed by atoms with Crippen LogP contribution in [0.5, 0.6) is 0 Å². The topological polar surface area (TPSA) is 73.1 Å². The molecule has 1 aliphatic carbocycles. The second-order valence-electron chi connectivity index (χ2n) is 5.15. The van der Waals surface area contributed by atoms with Crippen LogP contribution in [-0.4, -0.2) is 24.8 Å². The average Bonchev–Trinajstić information content (AvgIpc) is 3.03. The number of halogens is 1. The van der Waals surface area contributed by atoms with Crippen molar-refractivity contribution in [3.63, 3.8) is 0 Å². The maximum absolute atomic E-state index is 13.1. The van der Waals surface area contributed by atoms with E-state index in [2.05, 4.69) is 10.1 Å². The minimum Gasteiger partial charge on any atom is -0.334 e. The van der Waals surface area contributed by atoms with E-state index >= 15 is 0 Å². The lowest BCUT2D eigenvalue weighted by atomic mass is 10.1. The maximum atomic E-state index is 13.1. The summed E-state index contributed by atoms with van der Waals surface area (Å²) in [6.07, 6.45) is 2.19. The molecule has 7 heteroatoms. The molecule has 0 spiro atoms. The largest absolute Gasteiger partial charge is 0.334 e. The fraction of sp³-hybridized carbons (Fsp3) is 0.385. The zero-order valence-corrected chi connectivity index (χ0v) is 11.9. The number of sulfone groups is 1. The van der Waals surface area contributed by atoms with Crippen LogP contribution in [0.25, 0.3) is 11.5 Å². The minimum absolute atomic E-state index is 0.193. The van der Waals surface area contributed by atoms with Gasteiger partial charge in [0.15, 0.2) is 15.7 Å². The van der Waals surface area contributed by atoms with Crippen LogP contribution in [0.15, 0.2) is 22.7 Å². The van der Waals surface area contributed by atoms with Gasteiger partial charge in [0.05, 0.1) is 0 Å². The molecule has 3 rings (SSSR count). The summed E-state index contributed by atoms with van der Waals surface area (Å²) >= 11 is 0. The number of aryl methyl sites for hydroxylation is 1. The third-order valence-corrected chi connectivity index (χ3v) is 5.68. The van der Waals surface area contributed by atoms with E-state index in [1.54, 1.807) is 13.0 Å². The number of rotatable bonds is 3. The van der Waals surface area contributed by atoms with Crippen molar-refractivity contribution in [1.29, 1.82) is 0 Å². The Morgan fingerprint density at radius 2 is 2.05 bits per heavy atom. The van der Waals surface area contributed by atoms with Crippen molar-refractivity contribution in [3.8, 4) is 11.5 Å². The molecular formula is C13H13FN2O3S. The smallest absolute Gasteiger partial charge is 0.258 e. The van der Waals surface area contributed by atoms with Crippen LogP contribution >= 0.6 is 0 Å². The second kappa shape index (κ2) is 4.12. The molecule has 2 aromatic rings. The highest BCUT2D eigenvalue weighted by Gasteiger charge is 2.57. The van der Waals surface area contributed by atoms with Crippen LogP contribution in [0.2, 0.25) is 0 Å². The Bertz CT molecular complexity index is 779. The van der Waals surface area contributed by atoms with Crippen LogP contribution in [-0.2, 0) is 14.6 Å². The van der Waals surface area contributed by atoms with Gasteiger partial charge in [-0.25, -0.2) is 12.8 Å². The van der Waals surface area contributed by atoms with Crippen molar-refractivity contribution in [2.45, 2.75) is 24.5 Å². The van der Waals surface area contributed by atoms with E-state index in [-0.39, 0.29) is 17.5 Å². The lowest BCUT2D eigenvalue weighted by molar-refractivity contribution is 0.419. The number of aromatic nitrogens is 2. The molecule has 1 heterocycles. The van der Waals surface area contributed by atoms with Gasteiger partial charge in [-0.1, -0.05) is 5.16 Å². The van der Waals surface area contributed by atoms with Gasteiger partial charge in [-0.2, -0.15) is 4.98 Å². The Kier molecular flexibility index (Phi) is 2.72. The average molecular weight is 296 g/mol. The van der Waals surface area contributed by atoms with Crippen molar-refractivity contribution in [3.05, 3.63) is 35.4 Å². The van der Waals surface area contributed by atoms with Crippen molar-refractivity contribution in [2.24, 2.45) is 0 Å². The molecule has 0 aliphatic heterocycles. The van der Waals surface area contributed by atoms with E-state index in [0.29, 0.717) is 24.0 Å². The van der Waals surface area contributed by atoms with Gasteiger partial charge in [0.1, 0.15) is 10.6 Å². The van der Waals surface area contributed by atoms with Gasteiger partial charge in [0, 0.05) is 11.8 Å². The molecule has 20 heavy (non-hydrogen) atoms. The maximum Gasteiger partial charge on any atom is 0.258 e. The predicted molar refractivity (Wildman–Crippen MR) is 70.2 cm³/mol. The molecule has 0 bridgehead atoms. The molecule has 0 radical (unpaired) electrons. The summed E-state index contributed by atoms with van der Waals surface area (Å²) in [5.74, 6) is 0.0620. The van der Waals surface area contributed by atoms with Crippen LogP contribution in [0.1, 0.15) is 24.2 Å². The van der Waals surface area contributed by atoms with Crippen LogP contribution in [0, 0.1) is 12.7 Å². The van der Waals surface area contributed by atoms with E-state index in [4.69, 9.17) is 4.52 Å². The molecule has 1 saturated carbocycles. The summed E-state index contributed by atoms with van der Waals surface area (Å²) in [4.78, 5) is 4.19. The summed E-state index contributed by atoms with van der Waals surface area (Å²) in [7, 11) is -3.28. The number of hydrogen-bond donors (Lipinski definition) is 0. The van der Waals surface area contributed by atoms with Gasteiger partial charge in [0.25, 0.3) is 5.89 Å². The summed E-state index contributed by atoms with van der Waals surface area (Å²) in [6, 6.07) is 4.21. The van der Waals surface area contributed by atoms with Gasteiger partial charge < -0.3 is 4.52 Å². The first-order valence-corrected chi connectivity index (χ1v) is 8.03.